The SMILES string of the molecule is O=C(Nc1nccs1)Nc1c(Br)cc(Br)cc1C(=O)O. The molecule has 1 heterocycles. The van der Waals surface area contributed by atoms with Crippen molar-refractivity contribution in [1.29, 1.82) is 0 Å². The number of rotatable bonds is 3. The topological polar surface area (TPSA) is 91.3 Å². The van der Waals surface area contributed by atoms with Crippen LogP contribution < -0.4 is 10.6 Å². The Labute approximate surface area is 134 Å². The third-order valence-corrected chi connectivity index (χ3v) is 3.95. The number of amides is 2. The van der Waals surface area contributed by atoms with E-state index < -0.39 is 12.0 Å². The Morgan fingerprint density at radius 2 is 2.00 bits per heavy atom. The second-order valence-corrected chi connectivity index (χ2v) is 6.20. The fourth-order valence-electron chi connectivity index (χ4n) is 1.40. The summed E-state index contributed by atoms with van der Waals surface area (Å²) in [5, 5.41) is 16.3. The van der Waals surface area contributed by atoms with Crippen LogP contribution in [0.3, 0.4) is 0 Å². The van der Waals surface area contributed by atoms with Crippen molar-refractivity contribution >= 4 is 66.0 Å². The summed E-state index contributed by atoms with van der Waals surface area (Å²) in [4.78, 5) is 26.9. The standard InChI is InChI=1S/C11H7Br2N3O3S/c12-5-3-6(9(17)18)8(7(13)4-5)15-10(19)16-11-14-1-2-20-11/h1-4H,(H,17,18)(H2,14,15,16,19). The molecule has 3 N–H and O–H groups in total. The molecule has 1 aromatic carbocycles. The molecule has 0 radical (unpaired) electrons. The van der Waals surface area contributed by atoms with Crippen molar-refractivity contribution in [3.63, 3.8) is 0 Å². The number of anilines is 2. The highest BCUT2D eigenvalue weighted by Crippen LogP contribution is 2.31. The predicted molar refractivity (Wildman–Crippen MR) is 83.6 cm³/mol. The summed E-state index contributed by atoms with van der Waals surface area (Å²) >= 11 is 7.68. The third-order valence-electron chi connectivity index (χ3n) is 2.18. The van der Waals surface area contributed by atoms with Crippen molar-refractivity contribution in [3.8, 4) is 0 Å². The van der Waals surface area contributed by atoms with E-state index in [0.29, 0.717) is 14.1 Å². The number of thiazole rings is 1. The van der Waals surface area contributed by atoms with Gasteiger partial charge in [0.25, 0.3) is 0 Å². The Bertz CT molecular complexity index is 661. The van der Waals surface area contributed by atoms with Crippen LogP contribution in [0.2, 0.25) is 0 Å². The number of hydrogen-bond donors (Lipinski definition) is 3. The van der Waals surface area contributed by atoms with E-state index in [1.807, 2.05) is 0 Å². The highest BCUT2D eigenvalue weighted by molar-refractivity contribution is 9.11. The Balaban J connectivity index is 2.24. The van der Waals surface area contributed by atoms with E-state index >= 15 is 0 Å². The lowest BCUT2D eigenvalue weighted by molar-refractivity contribution is 0.0698. The first kappa shape index (κ1) is 14.9. The van der Waals surface area contributed by atoms with Crippen LogP contribution in [0.15, 0.2) is 32.7 Å². The third kappa shape index (κ3) is 3.56. The van der Waals surface area contributed by atoms with Crippen LogP contribution >= 0.6 is 43.2 Å². The van der Waals surface area contributed by atoms with E-state index in [1.165, 1.54) is 17.4 Å². The number of aromatic nitrogens is 1. The lowest BCUT2D eigenvalue weighted by atomic mass is 10.2. The number of urea groups is 1. The number of carbonyl (C=O) groups is 2. The summed E-state index contributed by atoms with van der Waals surface area (Å²) in [6.07, 6.45) is 1.55. The van der Waals surface area contributed by atoms with E-state index in [-0.39, 0.29) is 11.3 Å². The van der Waals surface area contributed by atoms with Crippen molar-refractivity contribution in [1.82, 2.24) is 4.98 Å². The summed E-state index contributed by atoms with van der Waals surface area (Å²) in [6.45, 7) is 0. The molecule has 0 saturated heterocycles. The molecule has 2 rings (SSSR count). The highest BCUT2D eigenvalue weighted by Gasteiger charge is 2.17. The quantitative estimate of drug-likeness (QED) is 0.699. The first-order valence-electron chi connectivity index (χ1n) is 5.17. The van der Waals surface area contributed by atoms with Gasteiger partial charge in [-0.15, -0.1) is 11.3 Å². The molecule has 104 valence electrons. The number of carboxylic acid groups (broad SMARTS) is 1. The lowest BCUT2D eigenvalue weighted by Crippen LogP contribution is -2.21. The van der Waals surface area contributed by atoms with Crippen LogP contribution in [0.4, 0.5) is 15.6 Å². The van der Waals surface area contributed by atoms with Gasteiger partial charge in [0.1, 0.15) is 0 Å². The van der Waals surface area contributed by atoms with Gasteiger partial charge < -0.3 is 10.4 Å². The van der Waals surface area contributed by atoms with Crippen LogP contribution in [0, 0.1) is 0 Å². The molecule has 1 aromatic heterocycles. The van der Waals surface area contributed by atoms with Crippen LogP contribution in [0.25, 0.3) is 0 Å². The number of carbonyl (C=O) groups excluding carboxylic acids is 1. The number of halogens is 2. The predicted octanol–water partition coefficient (Wildman–Crippen LogP) is 4.01. The van der Waals surface area contributed by atoms with Gasteiger partial charge in [0.2, 0.25) is 0 Å². The Kier molecular flexibility index (Phi) is 4.73. The Morgan fingerprint density at radius 1 is 1.25 bits per heavy atom. The van der Waals surface area contributed by atoms with Crippen LogP contribution in [-0.4, -0.2) is 22.1 Å². The number of hydrogen-bond acceptors (Lipinski definition) is 4. The molecule has 0 aliphatic heterocycles. The average Bonchev–Trinajstić information content (AvgIpc) is 2.84. The summed E-state index contributed by atoms with van der Waals surface area (Å²) < 4.78 is 1.05. The monoisotopic (exact) mass is 419 g/mol. The zero-order valence-corrected chi connectivity index (χ0v) is 13.7. The number of nitrogens with one attached hydrogen (secondary N) is 2. The van der Waals surface area contributed by atoms with Crippen LogP contribution in [0.5, 0.6) is 0 Å². The summed E-state index contributed by atoms with van der Waals surface area (Å²) in [5.74, 6) is -1.14. The van der Waals surface area contributed by atoms with E-state index in [9.17, 15) is 9.59 Å². The summed E-state index contributed by atoms with van der Waals surface area (Å²) in [7, 11) is 0. The van der Waals surface area contributed by atoms with Gasteiger partial charge in [-0.2, -0.15) is 0 Å². The van der Waals surface area contributed by atoms with Crippen molar-refractivity contribution in [3.05, 3.63) is 38.2 Å². The molecule has 2 aromatic rings. The maximum absolute atomic E-state index is 11.8. The van der Waals surface area contributed by atoms with Gasteiger partial charge in [0.05, 0.1) is 11.3 Å². The van der Waals surface area contributed by atoms with E-state index in [4.69, 9.17) is 5.11 Å². The minimum atomic E-state index is -1.14. The molecular formula is C11H7Br2N3O3S. The molecule has 0 unspecified atom stereocenters. The molecule has 0 aliphatic rings. The van der Waals surface area contributed by atoms with Crippen LogP contribution in [0.1, 0.15) is 10.4 Å². The Hall–Kier alpha value is -1.45. The molecule has 0 bridgehead atoms. The number of nitrogens with zero attached hydrogens (tertiary/aromatic N) is 1. The molecule has 0 aliphatic carbocycles. The number of aromatic carboxylic acids is 1. The van der Waals surface area contributed by atoms with E-state index in [0.717, 1.165) is 0 Å². The molecule has 0 fully saturated rings. The van der Waals surface area contributed by atoms with Crippen molar-refractivity contribution in [2.75, 3.05) is 10.6 Å². The largest absolute Gasteiger partial charge is 0.478 e. The molecular weight excluding hydrogens is 414 g/mol. The summed E-state index contributed by atoms with van der Waals surface area (Å²) in [5.41, 5.74) is 0.148. The highest BCUT2D eigenvalue weighted by atomic mass is 79.9. The maximum Gasteiger partial charge on any atom is 0.337 e. The first-order valence-corrected chi connectivity index (χ1v) is 7.64. The lowest BCUT2D eigenvalue weighted by Gasteiger charge is -2.11. The Morgan fingerprint density at radius 3 is 2.60 bits per heavy atom. The zero-order valence-electron chi connectivity index (χ0n) is 9.68. The molecule has 0 spiro atoms. The molecule has 9 heteroatoms. The molecule has 6 nitrogen and oxygen atoms in total. The minimum absolute atomic E-state index is 0.0273. The normalized spacial score (nSPS) is 10.1. The fraction of sp³-hybridized carbons (Fsp3) is 0. The van der Waals surface area contributed by atoms with Gasteiger partial charge >= 0.3 is 12.0 Å². The first-order chi connectivity index (χ1) is 9.47. The van der Waals surface area contributed by atoms with Crippen molar-refractivity contribution < 1.29 is 14.7 Å². The number of carboxylic acids is 1. The second-order valence-electron chi connectivity index (χ2n) is 3.53. The van der Waals surface area contributed by atoms with Gasteiger partial charge in [0, 0.05) is 20.5 Å². The average molecular weight is 421 g/mol. The number of benzene rings is 1. The molecule has 0 atom stereocenters. The minimum Gasteiger partial charge on any atom is -0.478 e. The van der Waals surface area contributed by atoms with Gasteiger partial charge in [0.15, 0.2) is 5.13 Å². The summed E-state index contributed by atoms with van der Waals surface area (Å²) in [6, 6.07) is 2.49. The fourth-order valence-corrected chi connectivity index (χ4v) is 3.24. The van der Waals surface area contributed by atoms with Gasteiger partial charge in [-0.25, -0.2) is 14.6 Å². The smallest absolute Gasteiger partial charge is 0.337 e. The zero-order chi connectivity index (χ0) is 14.7. The van der Waals surface area contributed by atoms with Crippen molar-refractivity contribution in [2.45, 2.75) is 0 Å². The molecule has 0 saturated carbocycles. The second kappa shape index (κ2) is 6.33. The maximum atomic E-state index is 11.8. The molecule has 2 amide bonds. The van der Waals surface area contributed by atoms with Gasteiger partial charge in [-0.3, -0.25) is 5.32 Å². The van der Waals surface area contributed by atoms with Crippen molar-refractivity contribution in [2.24, 2.45) is 0 Å². The van der Waals surface area contributed by atoms with E-state index in [2.05, 4.69) is 47.5 Å². The molecule has 20 heavy (non-hydrogen) atoms. The van der Waals surface area contributed by atoms with Crippen LogP contribution in [-0.2, 0) is 0 Å². The van der Waals surface area contributed by atoms with E-state index in [1.54, 1.807) is 17.6 Å². The van der Waals surface area contributed by atoms with Gasteiger partial charge in [-0.05, 0) is 28.1 Å². The van der Waals surface area contributed by atoms with Gasteiger partial charge in [-0.1, -0.05) is 15.9 Å².